The van der Waals surface area contributed by atoms with Crippen molar-refractivity contribution in [3.8, 4) is 0 Å². The number of pyridine rings is 1. The molecule has 2 aromatic rings. The number of carbonyl (C=O) groups excluding carboxylic acids is 1. The smallest absolute Gasteiger partial charge is 0.391 e. The Balaban J connectivity index is 1.44. The zero-order valence-corrected chi connectivity index (χ0v) is 23.5. The second-order valence-electron chi connectivity index (χ2n) is 11.4. The number of benzene rings is 1. The van der Waals surface area contributed by atoms with Crippen molar-refractivity contribution in [1.29, 1.82) is 0 Å². The molecule has 2 N–H and O–H groups in total. The van der Waals surface area contributed by atoms with E-state index in [2.05, 4.69) is 34.9 Å². The summed E-state index contributed by atoms with van der Waals surface area (Å²) in [5, 5.41) is 12.8. The number of fused-ring (bicyclic) bond motifs is 1. The van der Waals surface area contributed by atoms with Crippen LogP contribution in [0, 0.1) is 17.8 Å². The number of alkyl halides is 3. The molecule has 39 heavy (non-hydrogen) atoms. The number of carbonyl (C=O) groups is 1. The molecule has 1 unspecified atom stereocenters. The van der Waals surface area contributed by atoms with E-state index in [1.165, 1.54) is 0 Å². The average Bonchev–Trinajstić information content (AvgIpc) is 3.23. The van der Waals surface area contributed by atoms with E-state index in [-0.39, 0.29) is 43.2 Å². The minimum Gasteiger partial charge on any atom is -0.394 e. The van der Waals surface area contributed by atoms with Gasteiger partial charge in [-0.1, -0.05) is 26.0 Å². The van der Waals surface area contributed by atoms with Crippen molar-refractivity contribution in [3.63, 3.8) is 0 Å². The van der Waals surface area contributed by atoms with Crippen LogP contribution in [-0.4, -0.2) is 56.6 Å². The molecule has 0 spiro atoms. The third-order valence-corrected chi connectivity index (χ3v) is 9.28. The summed E-state index contributed by atoms with van der Waals surface area (Å²) in [5.74, 6) is 2.58. The summed E-state index contributed by atoms with van der Waals surface area (Å²) >= 11 is 0. The van der Waals surface area contributed by atoms with Crippen molar-refractivity contribution < 1.29 is 27.3 Å². The van der Waals surface area contributed by atoms with Crippen molar-refractivity contribution in [3.05, 3.63) is 58.9 Å². The van der Waals surface area contributed by atoms with Gasteiger partial charge in [0.25, 0.3) is 5.91 Å². The molecular formula is C29H38F3N3O3S. The van der Waals surface area contributed by atoms with Gasteiger partial charge in [0.05, 0.1) is 35.9 Å². The molecule has 4 rings (SSSR count). The molecule has 1 fully saturated rings. The number of nitrogens with zero attached hydrogens (tertiary/aromatic N) is 2. The number of aromatic nitrogens is 1. The number of nitrogens with one attached hydrogen (secondary N) is 1. The summed E-state index contributed by atoms with van der Waals surface area (Å²) in [6.45, 7) is 5.22. The molecule has 1 aliphatic heterocycles. The second-order valence-corrected chi connectivity index (χ2v) is 13.9. The number of hydrogen-bond donors (Lipinski definition) is 2. The molecule has 0 bridgehead atoms. The predicted octanol–water partition coefficient (Wildman–Crippen LogP) is 5.13. The third-order valence-electron chi connectivity index (χ3n) is 8.01. The molecule has 1 saturated carbocycles. The molecule has 1 amide bonds. The van der Waals surface area contributed by atoms with Crippen LogP contribution in [0.4, 0.5) is 13.2 Å². The number of amides is 1. The lowest BCUT2D eigenvalue weighted by Crippen LogP contribution is -2.35. The first kappa shape index (κ1) is 29.6. The SMILES string of the molecule is C=S(C)(=O)c1ccc([C@H](CO)NC(=O)c2cnc3c(c2)CN(CC2CCC(C(F)(F)F)CC2)[C@H]3C(C)C)cc1. The van der Waals surface area contributed by atoms with Crippen molar-refractivity contribution in [2.75, 3.05) is 19.4 Å². The number of rotatable bonds is 8. The molecule has 6 nitrogen and oxygen atoms in total. The fourth-order valence-electron chi connectivity index (χ4n) is 5.91. The average molecular weight is 566 g/mol. The minimum atomic E-state index is -4.11. The van der Waals surface area contributed by atoms with Gasteiger partial charge in [0.15, 0.2) is 0 Å². The molecule has 3 atom stereocenters. The monoisotopic (exact) mass is 565 g/mol. The standard InChI is InChI=1S/C29H38F3N3O3S/c1-18(2)27-26-22(16-35(27)15-19-5-9-23(10-6-19)29(30,31)32)13-21(14-33-26)28(37)34-25(17-36)20-7-11-24(12-8-20)39(3,4)38/h7-8,11-14,18-19,23,25,27,36H,3,5-6,9-10,15-17H2,1-2,4H3,(H,34,37)/t19?,23?,25-,27-,39?/m0/s1. The van der Waals surface area contributed by atoms with Crippen molar-refractivity contribution in [1.82, 2.24) is 15.2 Å². The molecule has 0 radical (unpaired) electrons. The second kappa shape index (κ2) is 11.6. The van der Waals surface area contributed by atoms with E-state index in [1.54, 1.807) is 36.7 Å². The first-order valence-corrected chi connectivity index (χ1v) is 15.5. The van der Waals surface area contributed by atoms with Crippen LogP contribution >= 0.6 is 0 Å². The summed E-state index contributed by atoms with van der Waals surface area (Å²) in [6, 6.07) is 8.05. The van der Waals surface area contributed by atoms with Crippen molar-refractivity contribution in [2.45, 2.75) is 69.2 Å². The number of hydrogen-bond acceptors (Lipinski definition) is 5. The molecule has 2 aliphatic rings. The van der Waals surface area contributed by atoms with Gasteiger partial charge < -0.3 is 10.4 Å². The van der Waals surface area contributed by atoms with Crippen LogP contribution in [0.2, 0.25) is 0 Å². The summed E-state index contributed by atoms with van der Waals surface area (Å²) in [7, 11) is -2.36. The van der Waals surface area contributed by atoms with Crippen LogP contribution in [0.3, 0.4) is 0 Å². The minimum absolute atomic E-state index is 0.0445. The van der Waals surface area contributed by atoms with Gasteiger partial charge in [0.2, 0.25) is 0 Å². The Bertz CT molecular complexity index is 1270. The van der Waals surface area contributed by atoms with E-state index in [4.69, 9.17) is 0 Å². The Morgan fingerprint density at radius 1 is 1.21 bits per heavy atom. The maximum Gasteiger partial charge on any atom is 0.391 e. The van der Waals surface area contributed by atoms with E-state index in [0.29, 0.717) is 42.0 Å². The quantitative estimate of drug-likeness (QED) is 0.434. The first-order chi connectivity index (χ1) is 18.3. The van der Waals surface area contributed by atoms with E-state index in [9.17, 15) is 27.3 Å². The predicted molar refractivity (Wildman–Crippen MR) is 147 cm³/mol. The van der Waals surface area contributed by atoms with Crippen LogP contribution < -0.4 is 5.32 Å². The van der Waals surface area contributed by atoms with Gasteiger partial charge in [0.1, 0.15) is 0 Å². The molecular weight excluding hydrogens is 527 g/mol. The Hall–Kier alpha value is -2.43. The lowest BCUT2D eigenvalue weighted by Gasteiger charge is -2.35. The Morgan fingerprint density at radius 3 is 2.38 bits per heavy atom. The van der Waals surface area contributed by atoms with Gasteiger partial charge in [-0.2, -0.15) is 13.2 Å². The van der Waals surface area contributed by atoms with Gasteiger partial charge >= 0.3 is 6.18 Å². The van der Waals surface area contributed by atoms with E-state index >= 15 is 0 Å². The van der Waals surface area contributed by atoms with Gasteiger partial charge in [-0.15, -0.1) is 0 Å². The highest BCUT2D eigenvalue weighted by Crippen LogP contribution is 2.43. The van der Waals surface area contributed by atoms with Crippen LogP contribution in [0.15, 0.2) is 41.4 Å². The summed E-state index contributed by atoms with van der Waals surface area (Å²) in [6.07, 6.45) is 0.496. The molecule has 1 aliphatic carbocycles. The summed E-state index contributed by atoms with van der Waals surface area (Å²) < 4.78 is 51.5. The van der Waals surface area contributed by atoms with Gasteiger partial charge in [-0.3, -0.25) is 18.9 Å². The number of aliphatic hydroxyl groups excluding tert-OH is 1. The first-order valence-electron chi connectivity index (χ1n) is 13.4. The normalized spacial score (nSPS) is 24.3. The number of halogens is 3. The lowest BCUT2D eigenvalue weighted by molar-refractivity contribution is -0.184. The molecule has 1 aromatic heterocycles. The molecule has 0 saturated heterocycles. The molecule has 1 aromatic carbocycles. The van der Waals surface area contributed by atoms with Crippen LogP contribution in [-0.2, 0) is 16.1 Å². The molecule has 214 valence electrons. The molecule has 2 heterocycles. The van der Waals surface area contributed by atoms with E-state index < -0.39 is 27.7 Å². The highest BCUT2D eigenvalue weighted by molar-refractivity contribution is 7.99. The van der Waals surface area contributed by atoms with Crippen LogP contribution in [0.5, 0.6) is 0 Å². The lowest BCUT2D eigenvalue weighted by atomic mass is 9.81. The largest absolute Gasteiger partial charge is 0.394 e. The van der Waals surface area contributed by atoms with E-state index in [1.807, 2.05) is 6.07 Å². The zero-order valence-electron chi connectivity index (χ0n) is 22.7. The highest BCUT2D eigenvalue weighted by Gasteiger charge is 2.42. The highest BCUT2D eigenvalue weighted by atomic mass is 32.2. The van der Waals surface area contributed by atoms with E-state index in [0.717, 1.165) is 11.3 Å². The maximum atomic E-state index is 13.1. The van der Waals surface area contributed by atoms with Crippen molar-refractivity contribution in [2.24, 2.45) is 17.8 Å². The zero-order chi connectivity index (χ0) is 28.5. The number of aliphatic hydroxyl groups is 1. The summed E-state index contributed by atoms with van der Waals surface area (Å²) in [5.41, 5.74) is 2.92. The Labute approximate surface area is 229 Å². The Kier molecular flexibility index (Phi) is 8.78. The molecule has 10 heteroatoms. The topological polar surface area (TPSA) is 82.5 Å². The Morgan fingerprint density at radius 2 is 1.85 bits per heavy atom. The van der Waals surface area contributed by atoms with Crippen molar-refractivity contribution >= 4 is 21.3 Å². The van der Waals surface area contributed by atoms with Crippen LogP contribution in [0.25, 0.3) is 0 Å². The maximum absolute atomic E-state index is 13.1. The fraction of sp³-hybridized carbons (Fsp3) is 0.552. The third kappa shape index (κ3) is 6.84. The van der Waals surface area contributed by atoms with Gasteiger partial charge in [-0.25, -0.2) is 0 Å². The van der Waals surface area contributed by atoms with Gasteiger partial charge in [0, 0.05) is 30.4 Å². The fourth-order valence-corrected chi connectivity index (χ4v) is 6.62. The van der Waals surface area contributed by atoms with Crippen LogP contribution in [0.1, 0.15) is 78.8 Å². The summed E-state index contributed by atoms with van der Waals surface area (Å²) in [4.78, 5) is 20.7. The van der Waals surface area contributed by atoms with Gasteiger partial charge in [-0.05, 0) is 82.2 Å².